The van der Waals surface area contributed by atoms with Crippen LogP contribution in [0.5, 0.6) is 0 Å². The molecule has 0 unspecified atom stereocenters. The van der Waals surface area contributed by atoms with Crippen LogP contribution in [-0.2, 0) is 11.3 Å². The van der Waals surface area contributed by atoms with Gasteiger partial charge in [-0.05, 0) is 75.0 Å². The van der Waals surface area contributed by atoms with Gasteiger partial charge in [0.1, 0.15) is 0 Å². The van der Waals surface area contributed by atoms with Crippen LogP contribution in [0.1, 0.15) is 33.4 Å². The number of hydrogen-bond donors (Lipinski definition) is 2. The third-order valence-corrected chi connectivity index (χ3v) is 5.41. The Bertz CT molecular complexity index is 584. The van der Waals surface area contributed by atoms with E-state index in [0.717, 1.165) is 19.7 Å². The average molecular weight is 333 g/mol. The smallest absolute Gasteiger partial charge is 0.315 e. The fourth-order valence-electron chi connectivity index (χ4n) is 3.27. The molecular weight excluding hydrogens is 302 g/mol. The number of hydrogen-bond acceptors (Lipinski definition) is 3. The van der Waals surface area contributed by atoms with Crippen molar-refractivity contribution in [3.63, 3.8) is 0 Å². The summed E-state index contributed by atoms with van der Waals surface area (Å²) >= 11 is 0. The predicted octanol–water partition coefficient (Wildman–Crippen LogP) is 2.36. The number of nitrogens with one attached hydrogen (secondary N) is 2. The minimum Gasteiger partial charge on any atom is -0.374 e. The van der Waals surface area contributed by atoms with Gasteiger partial charge in [-0.2, -0.15) is 0 Å². The predicted molar refractivity (Wildman–Crippen MR) is 97.6 cm³/mol. The normalized spacial score (nSPS) is 18.5. The lowest BCUT2D eigenvalue weighted by Crippen LogP contribution is -2.47. The van der Waals surface area contributed by atoms with Gasteiger partial charge in [0.05, 0.1) is 12.7 Å². The maximum Gasteiger partial charge on any atom is 0.315 e. The highest BCUT2D eigenvalue weighted by Gasteiger charge is 2.18. The first kappa shape index (κ1) is 18.7. The molecule has 5 heteroatoms. The standard InChI is InChI=1S/C19H31N3O2/c1-12-13(2)15(4)18(16(5)14(12)3)10-21-19(23)20-9-17-11-22(6)7-8-24-17/h17H,7-11H2,1-6H3,(H2,20,21,23)/t17-/m0/s1. The maximum atomic E-state index is 12.1. The van der Waals surface area contributed by atoms with Crippen molar-refractivity contribution in [3.8, 4) is 0 Å². The number of urea groups is 1. The van der Waals surface area contributed by atoms with Crippen LogP contribution in [0.3, 0.4) is 0 Å². The molecule has 2 amide bonds. The first-order valence-electron chi connectivity index (χ1n) is 8.69. The van der Waals surface area contributed by atoms with E-state index in [4.69, 9.17) is 4.74 Å². The Kier molecular flexibility index (Phi) is 6.24. The molecule has 1 saturated heterocycles. The third kappa shape index (κ3) is 4.28. The van der Waals surface area contributed by atoms with Crippen molar-refractivity contribution in [2.75, 3.05) is 33.3 Å². The highest BCUT2D eigenvalue weighted by Crippen LogP contribution is 2.25. The zero-order chi connectivity index (χ0) is 17.9. The number of ether oxygens (including phenoxy) is 1. The molecule has 1 aromatic carbocycles. The summed E-state index contributed by atoms with van der Waals surface area (Å²) in [5.41, 5.74) is 7.74. The average Bonchev–Trinajstić information content (AvgIpc) is 2.56. The van der Waals surface area contributed by atoms with Gasteiger partial charge in [-0.1, -0.05) is 0 Å². The molecule has 0 aromatic heterocycles. The Morgan fingerprint density at radius 2 is 1.62 bits per heavy atom. The van der Waals surface area contributed by atoms with E-state index in [1.54, 1.807) is 0 Å². The van der Waals surface area contributed by atoms with Crippen molar-refractivity contribution < 1.29 is 9.53 Å². The number of rotatable bonds is 4. The number of carbonyl (C=O) groups is 1. The van der Waals surface area contributed by atoms with E-state index >= 15 is 0 Å². The van der Waals surface area contributed by atoms with Crippen LogP contribution in [-0.4, -0.2) is 50.3 Å². The number of likely N-dealkylation sites (N-methyl/N-ethyl adjacent to an activating group) is 1. The Morgan fingerprint density at radius 3 is 2.21 bits per heavy atom. The second kappa shape index (κ2) is 7.99. The van der Waals surface area contributed by atoms with Crippen molar-refractivity contribution in [2.24, 2.45) is 0 Å². The lowest BCUT2D eigenvalue weighted by atomic mass is 9.89. The zero-order valence-corrected chi connectivity index (χ0v) is 15.9. The Labute approximate surface area is 145 Å². The van der Waals surface area contributed by atoms with Gasteiger partial charge in [0.15, 0.2) is 0 Å². The van der Waals surface area contributed by atoms with Gasteiger partial charge >= 0.3 is 6.03 Å². The van der Waals surface area contributed by atoms with Crippen molar-refractivity contribution in [1.29, 1.82) is 0 Å². The largest absolute Gasteiger partial charge is 0.374 e. The molecule has 0 spiro atoms. The van der Waals surface area contributed by atoms with E-state index in [1.807, 2.05) is 0 Å². The van der Waals surface area contributed by atoms with Crippen LogP contribution in [0.2, 0.25) is 0 Å². The highest BCUT2D eigenvalue weighted by atomic mass is 16.5. The minimum atomic E-state index is -0.137. The van der Waals surface area contributed by atoms with E-state index in [9.17, 15) is 4.79 Å². The molecule has 0 aliphatic carbocycles. The fourth-order valence-corrected chi connectivity index (χ4v) is 3.27. The molecule has 0 bridgehead atoms. The molecule has 24 heavy (non-hydrogen) atoms. The summed E-state index contributed by atoms with van der Waals surface area (Å²) < 4.78 is 5.66. The van der Waals surface area contributed by atoms with Crippen molar-refractivity contribution in [1.82, 2.24) is 15.5 Å². The van der Waals surface area contributed by atoms with Gasteiger partial charge in [-0.15, -0.1) is 0 Å². The summed E-state index contributed by atoms with van der Waals surface area (Å²) in [6.45, 7) is 14.4. The number of nitrogens with zero attached hydrogens (tertiary/aromatic N) is 1. The van der Waals surface area contributed by atoms with E-state index in [2.05, 4.69) is 57.2 Å². The Hall–Kier alpha value is -1.59. The molecular formula is C19H31N3O2. The molecule has 1 fully saturated rings. The van der Waals surface area contributed by atoms with Crippen LogP contribution in [0.25, 0.3) is 0 Å². The van der Waals surface area contributed by atoms with Crippen molar-refractivity contribution >= 4 is 6.03 Å². The molecule has 5 nitrogen and oxygen atoms in total. The maximum absolute atomic E-state index is 12.1. The minimum absolute atomic E-state index is 0.0711. The van der Waals surface area contributed by atoms with Gasteiger partial charge in [-0.25, -0.2) is 4.79 Å². The summed E-state index contributed by atoms with van der Waals surface area (Å²) in [6.07, 6.45) is 0.0711. The summed E-state index contributed by atoms with van der Waals surface area (Å²) in [5.74, 6) is 0. The van der Waals surface area contributed by atoms with E-state index in [0.29, 0.717) is 13.1 Å². The van der Waals surface area contributed by atoms with Gasteiger partial charge in [0.25, 0.3) is 0 Å². The van der Waals surface area contributed by atoms with E-state index in [1.165, 1.54) is 33.4 Å². The second-order valence-electron chi connectivity index (χ2n) is 6.92. The quantitative estimate of drug-likeness (QED) is 0.889. The van der Waals surface area contributed by atoms with Crippen molar-refractivity contribution in [3.05, 3.63) is 33.4 Å². The Morgan fingerprint density at radius 1 is 1.04 bits per heavy atom. The molecule has 134 valence electrons. The number of benzene rings is 1. The number of morpholine rings is 1. The molecule has 1 aliphatic heterocycles. The second-order valence-corrected chi connectivity index (χ2v) is 6.92. The van der Waals surface area contributed by atoms with Gasteiger partial charge in [0.2, 0.25) is 0 Å². The topological polar surface area (TPSA) is 53.6 Å². The van der Waals surface area contributed by atoms with Gasteiger partial charge < -0.3 is 20.3 Å². The first-order valence-corrected chi connectivity index (χ1v) is 8.69. The summed E-state index contributed by atoms with van der Waals surface area (Å²) in [7, 11) is 2.07. The van der Waals surface area contributed by atoms with Gasteiger partial charge in [0, 0.05) is 26.2 Å². The molecule has 2 N–H and O–H groups in total. The van der Waals surface area contributed by atoms with Crippen LogP contribution in [0.15, 0.2) is 0 Å². The van der Waals surface area contributed by atoms with Gasteiger partial charge in [-0.3, -0.25) is 0 Å². The lowest BCUT2D eigenvalue weighted by Gasteiger charge is -2.30. The molecule has 1 heterocycles. The number of carbonyl (C=O) groups excluding carboxylic acids is 1. The van der Waals surface area contributed by atoms with Crippen molar-refractivity contribution in [2.45, 2.75) is 47.3 Å². The monoisotopic (exact) mass is 333 g/mol. The highest BCUT2D eigenvalue weighted by molar-refractivity contribution is 5.74. The molecule has 0 saturated carbocycles. The molecule has 1 aromatic rings. The summed E-state index contributed by atoms with van der Waals surface area (Å²) in [4.78, 5) is 14.3. The fraction of sp³-hybridized carbons (Fsp3) is 0.632. The summed E-state index contributed by atoms with van der Waals surface area (Å²) in [5, 5.41) is 5.91. The lowest BCUT2D eigenvalue weighted by molar-refractivity contribution is -0.0167. The van der Waals surface area contributed by atoms with E-state index in [-0.39, 0.29) is 12.1 Å². The first-order chi connectivity index (χ1) is 11.3. The zero-order valence-electron chi connectivity index (χ0n) is 15.9. The Balaban J connectivity index is 1.90. The van der Waals surface area contributed by atoms with E-state index < -0.39 is 0 Å². The van der Waals surface area contributed by atoms with Crippen LogP contribution in [0, 0.1) is 34.6 Å². The SMILES string of the molecule is Cc1c(C)c(C)c(CNC(=O)NC[C@H]2CN(C)CCO2)c(C)c1C. The molecule has 2 rings (SSSR count). The third-order valence-electron chi connectivity index (χ3n) is 5.41. The summed E-state index contributed by atoms with van der Waals surface area (Å²) in [6, 6.07) is -0.137. The van der Waals surface area contributed by atoms with Crippen LogP contribution in [0.4, 0.5) is 4.79 Å². The molecule has 1 atom stereocenters. The molecule has 1 aliphatic rings. The van der Waals surface area contributed by atoms with Crippen LogP contribution < -0.4 is 10.6 Å². The molecule has 0 radical (unpaired) electrons. The van der Waals surface area contributed by atoms with Crippen LogP contribution >= 0.6 is 0 Å². The number of amides is 2.